The minimum Gasteiger partial charge on any atom is -0.496 e. The fraction of sp³-hybridized carbons (Fsp3) is 0.278. The summed E-state index contributed by atoms with van der Waals surface area (Å²) in [7, 11) is 1.64. The van der Waals surface area contributed by atoms with E-state index in [-0.39, 0.29) is 5.78 Å². The number of carbonyl (C=O) groups excluding carboxylic acids is 1. The van der Waals surface area contributed by atoms with Crippen LogP contribution in [-0.2, 0) is 10.2 Å². The van der Waals surface area contributed by atoms with Gasteiger partial charge in [0.25, 0.3) is 0 Å². The van der Waals surface area contributed by atoms with E-state index in [1.807, 2.05) is 61.5 Å². The molecule has 104 valence electrons. The molecule has 0 aliphatic heterocycles. The lowest BCUT2D eigenvalue weighted by Crippen LogP contribution is -2.35. The Morgan fingerprint density at radius 2 is 1.65 bits per heavy atom. The zero-order valence-corrected chi connectivity index (χ0v) is 12.2. The van der Waals surface area contributed by atoms with E-state index in [1.165, 1.54) is 0 Å². The van der Waals surface area contributed by atoms with Gasteiger partial charge < -0.3 is 4.74 Å². The van der Waals surface area contributed by atoms with Crippen molar-refractivity contribution < 1.29 is 9.53 Å². The molecule has 0 aliphatic carbocycles. The molecular weight excluding hydrogens is 248 g/mol. The van der Waals surface area contributed by atoms with Gasteiger partial charge in [0, 0.05) is 5.56 Å². The molecule has 0 saturated heterocycles. The van der Waals surface area contributed by atoms with E-state index in [4.69, 9.17) is 4.74 Å². The van der Waals surface area contributed by atoms with E-state index < -0.39 is 5.41 Å². The first-order valence-electron chi connectivity index (χ1n) is 6.87. The SMILES string of the molecule is CCC(C(C)=O)(c1ccccc1)c1ccccc1OC. The predicted octanol–water partition coefficient (Wildman–Crippen LogP) is 3.98. The molecule has 2 nitrogen and oxygen atoms in total. The summed E-state index contributed by atoms with van der Waals surface area (Å²) >= 11 is 0. The third-order valence-corrected chi connectivity index (χ3v) is 3.96. The number of Topliss-reactive ketones (excluding diaryl/α,β-unsaturated/α-hetero) is 1. The van der Waals surface area contributed by atoms with Crippen molar-refractivity contribution in [3.05, 3.63) is 65.7 Å². The fourth-order valence-corrected chi connectivity index (χ4v) is 2.91. The van der Waals surface area contributed by atoms with Crippen LogP contribution in [0.4, 0.5) is 0 Å². The maximum absolute atomic E-state index is 12.5. The van der Waals surface area contributed by atoms with Crippen LogP contribution in [0.25, 0.3) is 0 Å². The lowest BCUT2D eigenvalue weighted by molar-refractivity contribution is -0.121. The van der Waals surface area contributed by atoms with Gasteiger partial charge >= 0.3 is 0 Å². The van der Waals surface area contributed by atoms with Crippen LogP contribution in [0, 0.1) is 0 Å². The fourth-order valence-electron chi connectivity index (χ4n) is 2.91. The lowest BCUT2D eigenvalue weighted by Gasteiger charge is -2.32. The highest BCUT2D eigenvalue weighted by Crippen LogP contribution is 2.41. The number of rotatable bonds is 5. The Morgan fingerprint density at radius 3 is 2.20 bits per heavy atom. The van der Waals surface area contributed by atoms with E-state index in [0.29, 0.717) is 6.42 Å². The summed E-state index contributed by atoms with van der Waals surface area (Å²) in [6.45, 7) is 3.70. The zero-order valence-electron chi connectivity index (χ0n) is 12.2. The van der Waals surface area contributed by atoms with Crippen LogP contribution < -0.4 is 4.74 Å². The number of hydrogen-bond donors (Lipinski definition) is 0. The molecule has 0 bridgehead atoms. The maximum Gasteiger partial charge on any atom is 0.144 e. The maximum atomic E-state index is 12.5. The van der Waals surface area contributed by atoms with Crippen molar-refractivity contribution >= 4 is 5.78 Å². The lowest BCUT2D eigenvalue weighted by atomic mass is 9.69. The Hall–Kier alpha value is -2.09. The number of ether oxygens (including phenoxy) is 1. The Kier molecular flexibility index (Phi) is 4.23. The average Bonchev–Trinajstić information content (AvgIpc) is 2.50. The molecule has 0 amide bonds. The molecule has 2 aromatic rings. The van der Waals surface area contributed by atoms with Crippen molar-refractivity contribution in [3.8, 4) is 5.75 Å². The van der Waals surface area contributed by atoms with Crippen molar-refractivity contribution in [3.63, 3.8) is 0 Å². The standard InChI is InChI=1S/C18H20O2/c1-4-18(14(2)19,15-10-6-5-7-11-15)16-12-8-9-13-17(16)20-3/h5-13H,4H2,1-3H3. The molecule has 20 heavy (non-hydrogen) atoms. The molecule has 2 heteroatoms. The smallest absolute Gasteiger partial charge is 0.144 e. The third-order valence-electron chi connectivity index (χ3n) is 3.96. The summed E-state index contributed by atoms with van der Waals surface area (Å²) in [5.74, 6) is 0.893. The average molecular weight is 268 g/mol. The van der Waals surface area contributed by atoms with Gasteiger partial charge in [-0.05, 0) is 25.0 Å². The first-order chi connectivity index (χ1) is 9.66. The zero-order chi connectivity index (χ0) is 14.6. The minimum absolute atomic E-state index is 0.135. The van der Waals surface area contributed by atoms with E-state index in [9.17, 15) is 4.79 Å². The van der Waals surface area contributed by atoms with E-state index in [2.05, 4.69) is 0 Å². The normalized spacial score (nSPS) is 13.6. The van der Waals surface area contributed by atoms with Crippen LogP contribution in [0.3, 0.4) is 0 Å². The van der Waals surface area contributed by atoms with Crippen molar-refractivity contribution in [2.45, 2.75) is 25.7 Å². The molecule has 0 aliphatic rings. The summed E-state index contributed by atoms with van der Waals surface area (Å²) in [4.78, 5) is 12.5. The Bertz CT molecular complexity index is 589. The second kappa shape index (κ2) is 5.91. The van der Waals surface area contributed by atoms with Gasteiger partial charge in [0.15, 0.2) is 0 Å². The summed E-state index contributed by atoms with van der Waals surface area (Å²) in [6, 6.07) is 17.7. The van der Waals surface area contributed by atoms with Crippen LogP contribution in [0.1, 0.15) is 31.4 Å². The van der Waals surface area contributed by atoms with Gasteiger partial charge in [-0.2, -0.15) is 0 Å². The molecule has 0 N–H and O–H groups in total. The molecule has 0 radical (unpaired) electrons. The summed E-state index contributed by atoms with van der Waals surface area (Å²) in [6.07, 6.45) is 0.701. The van der Waals surface area contributed by atoms with Gasteiger partial charge in [-0.3, -0.25) is 4.79 Å². The molecule has 2 rings (SSSR count). The van der Waals surface area contributed by atoms with Gasteiger partial charge in [-0.25, -0.2) is 0 Å². The van der Waals surface area contributed by atoms with E-state index in [1.54, 1.807) is 14.0 Å². The third kappa shape index (κ3) is 2.22. The monoisotopic (exact) mass is 268 g/mol. The van der Waals surface area contributed by atoms with Crippen molar-refractivity contribution in [2.24, 2.45) is 0 Å². The summed E-state index contributed by atoms with van der Waals surface area (Å²) in [5, 5.41) is 0. The highest BCUT2D eigenvalue weighted by atomic mass is 16.5. The molecule has 0 aromatic heterocycles. The number of ketones is 1. The molecule has 1 atom stereocenters. The highest BCUT2D eigenvalue weighted by molar-refractivity contribution is 5.92. The van der Waals surface area contributed by atoms with Gasteiger partial charge in [0.05, 0.1) is 12.5 Å². The largest absolute Gasteiger partial charge is 0.496 e. The van der Waals surface area contributed by atoms with Gasteiger partial charge in [-0.1, -0.05) is 55.5 Å². The van der Waals surface area contributed by atoms with Gasteiger partial charge in [0.1, 0.15) is 11.5 Å². The Morgan fingerprint density at radius 1 is 1.05 bits per heavy atom. The predicted molar refractivity (Wildman–Crippen MR) is 81.2 cm³/mol. The summed E-state index contributed by atoms with van der Waals surface area (Å²) in [5.41, 5.74) is 1.30. The van der Waals surface area contributed by atoms with E-state index in [0.717, 1.165) is 16.9 Å². The first kappa shape index (κ1) is 14.3. The van der Waals surface area contributed by atoms with Crippen LogP contribution in [-0.4, -0.2) is 12.9 Å². The molecule has 0 saturated carbocycles. The van der Waals surface area contributed by atoms with Crippen molar-refractivity contribution in [1.29, 1.82) is 0 Å². The van der Waals surface area contributed by atoms with E-state index >= 15 is 0 Å². The Balaban J connectivity index is 2.73. The second-order valence-corrected chi connectivity index (χ2v) is 4.88. The van der Waals surface area contributed by atoms with Crippen LogP contribution in [0.2, 0.25) is 0 Å². The van der Waals surface area contributed by atoms with Gasteiger partial charge in [-0.15, -0.1) is 0 Å². The molecule has 0 spiro atoms. The molecule has 0 fully saturated rings. The molecule has 1 unspecified atom stereocenters. The number of para-hydroxylation sites is 1. The van der Waals surface area contributed by atoms with Crippen molar-refractivity contribution in [1.82, 2.24) is 0 Å². The number of hydrogen-bond acceptors (Lipinski definition) is 2. The molecule has 2 aromatic carbocycles. The first-order valence-corrected chi connectivity index (χ1v) is 6.87. The van der Waals surface area contributed by atoms with Crippen molar-refractivity contribution in [2.75, 3.05) is 7.11 Å². The molecule has 0 heterocycles. The topological polar surface area (TPSA) is 26.3 Å². The minimum atomic E-state index is -0.645. The number of benzene rings is 2. The highest BCUT2D eigenvalue weighted by Gasteiger charge is 2.39. The second-order valence-electron chi connectivity index (χ2n) is 4.88. The van der Waals surface area contributed by atoms with Crippen LogP contribution >= 0.6 is 0 Å². The quantitative estimate of drug-likeness (QED) is 0.820. The van der Waals surface area contributed by atoms with Gasteiger partial charge in [0.2, 0.25) is 0 Å². The van der Waals surface area contributed by atoms with Crippen LogP contribution in [0.15, 0.2) is 54.6 Å². The molecular formula is C18H20O2. The Labute approximate surface area is 120 Å². The number of methoxy groups -OCH3 is 1. The number of carbonyl (C=O) groups is 1. The summed E-state index contributed by atoms with van der Waals surface area (Å²) < 4.78 is 5.47. The van der Waals surface area contributed by atoms with Crippen LogP contribution in [0.5, 0.6) is 5.75 Å².